The maximum atomic E-state index is 11.5. The minimum atomic E-state index is -0.725. The van der Waals surface area contributed by atoms with Gasteiger partial charge < -0.3 is 14.6 Å². The van der Waals surface area contributed by atoms with Gasteiger partial charge in [0.25, 0.3) is 0 Å². The number of hydrogen-bond donors (Lipinski definition) is 1. The summed E-state index contributed by atoms with van der Waals surface area (Å²) in [5, 5.41) is 9.46. The third-order valence-electron chi connectivity index (χ3n) is 5.92. The van der Waals surface area contributed by atoms with Crippen molar-refractivity contribution in [1.29, 1.82) is 0 Å². The summed E-state index contributed by atoms with van der Waals surface area (Å²) in [5.41, 5.74) is 1.08. The van der Waals surface area contributed by atoms with E-state index in [1.165, 1.54) is 0 Å². The maximum absolute atomic E-state index is 11.5. The van der Waals surface area contributed by atoms with E-state index in [0.717, 1.165) is 42.7 Å². The molecule has 2 saturated carbocycles. The molecule has 2 unspecified atom stereocenters. The van der Waals surface area contributed by atoms with E-state index >= 15 is 0 Å². The predicted octanol–water partition coefficient (Wildman–Crippen LogP) is 4.53. The fourth-order valence-corrected chi connectivity index (χ4v) is 4.12. The van der Waals surface area contributed by atoms with Gasteiger partial charge in [-0.1, -0.05) is 19.1 Å². The largest absolute Gasteiger partial charge is 0.493 e. The number of ether oxygens (including phenoxy) is 2. The van der Waals surface area contributed by atoms with Crippen LogP contribution in [0.25, 0.3) is 0 Å². The molecule has 2 atom stereocenters. The van der Waals surface area contributed by atoms with Crippen LogP contribution in [0.3, 0.4) is 0 Å². The van der Waals surface area contributed by atoms with Crippen LogP contribution in [-0.2, 0) is 4.79 Å². The second kappa shape index (κ2) is 8.21. The first kappa shape index (κ1) is 18.8. The van der Waals surface area contributed by atoms with E-state index in [1.54, 1.807) is 12.4 Å². The van der Waals surface area contributed by atoms with Crippen LogP contribution in [0, 0.1) is 17.8 Å². The second-order valence-corrected chi connectivity index (χ2v) is 8.14. The van der Waals surface area contributed by atoms with Crippen molar-refractivity contribution >= 4 is 5.97 Å². The van der Waals surface area contributed by atoms with Gasteiger partial charge in [0.2, 0.25) is 0 Å². The second-order valence-electron chi connectivity index (χ2n) is 8.14. The molecule has 0 saturated heterocycles. The quantitative estimate of drug-likeness (QED) is 0.691. The number of nitrogens with zero attached hydrogens (tertiary/aromatic N) is 1. The number of aromatic nitrogens is 1. The van der Waals surface area contributed by atoms with Gasteiger partial charge in [-0.25, -0.2) is 0 Å². The Hall–Kier alpha value is -2.56. The smallest absolute Gasteiger partial charge is 0.306 e. The highest BCUT2D eigenvalue weighted by Crippen LogP contribution is 2.47. The van der Waals surface area contributed by atoms with E-state index in [4.69, 9.17) is 9.47 Å². The Balaban J connectivity index is 1.29. The zero-order valence-corrected chi connectivity index (χ0v) is 16.2. The van der Waals surface area contributed by atoms with Crippen LogP contribution in [0.1, 0.15) is 44.1 Å². The molecule has 0 spiro atoms. The van der Waals surface area contributed by atoms with E-state index in [9.17, 15) is 9.90 Å². The Morgan fingerprint density at radius 2 is 2.00 bits per heavy atom. The number of carboxylic acids is 1. The Kier molecular flexibility index (Phi) is 5.51. The Morgan fingerprint density at radius 1 is 1.21 bits per heavy atom. The summed E-state index contributed by atoms with van der Waals surface area (Å²) in [6.45, 7) is 2.48. The van der Waals surface area contributed by atoms with Gasteiger partial charge in [-0.2, -0.15) is 0 Å². The number of hydrogen-bond acceptors (Lipinski definition) is 4. The topological polar surface area (TPSA) is 68.7 Å². The maximum Gasteiger partial charge on any atom is 0.306 e. The first-order chi connectivity index (χ1) is 13.6. The van der Waals surface area contributed by atoms with Crippen molar-refractivity contribution in [2.24, 2.45) is 17.8 Å². The molecular formula is C23H27NO4. The highest BCUT2D eigenvalue weighted by atomic mass is 16.5. The van der Waals surface area contributed by atoms with Crippen LogP contribution in [-0.4, -0.2) is 28.8 Å². The van der Waals surface area contributed by atoms with Crippen LogP contribution in [0.2, 0.25) is 0 Å². The van der Waals surface area contributed by atoms with Crippen molar-refractivity contribution in [3.05, 3.63) is 54.4 Å². The Bertz CT molecular complexity index is 799. The van der Waals surface area contributed by atoms with E-state index in [-0.39, 0.29) is 17.9 Å². The van der Waals surface area contributed by atoms with E-state index in [2.05, 4.69) is 4.98 Å². The fraction of sp³-hybridized carbons (Fsp3) is 0.478. The lowest BCUT2D eigenvalue weighted by Crippen LogP contribution is -2.37. The van der Waals surface area contributed by atoms with Gasteiger partial charge in [0.1, 0.15) is 11.5 Å². The van der Waals surface area contributed by atoms with Crippen molar-refractivity contribution in [1.82, 2.24) is 4.98 Å². The number of carbonyl (C=O) groups is 1. The molecule has 0 amide bonds. The van der Waals surface area contributed by atoms with E-state index in [0.29, 0.717) is 18.4 Å². The zero-order chi connectivity index (χ0) is 19.5. The SMILES string of the molecule is CC(C(=O)O)C(c1cccc(OCC2CC(Oc3cccnc3)C2)c1)C1CC1. The highest BCUT2D eigenvalue weighted by Gasteiger charge is 2.38. The first-order valence-corrected chi connectivity index (χ1v) is 10.1. The Morgan fingerprint density at radius 3 is 2.68 bits per heavy atom. The molecule has 148 valence electrons. The molecule has 1 heterocycles. The van der Waals surface area contributed by atoms with Gasteiger partial charge in [-0.15, -0.1) is 0 Å². The summed E-state index contributed by atoms with van der Waals surface area (Å²) in [7, 11) is 0. The Labute approximate surface area is 165 Å². The number of rotatable bonds is 9. The van der Waals surface area contributed by atoms with Crippen LogP contribution in [0.15, 0.2) is 48.8 Å². The van der Waals surface area contributed by atoms with E-state index in [1.807, 2.05) is 43.3 Å². The highest BCUT2D eigenvalue weighted by molar-refractivity contribution is 5.71. The molecule has 1 N–H and O–H groups in total. The predicted molar refractivity (Wildman–Crippen MR) is 106 cm³/mol. The summed E-state index contributed by atoms with van der Waals surface area (Å²) in [5.74, 6) is 1.59. The molecule has 2 fully saturated rings. The lowest BCUT2D eigenvalue weighted by Gasteiger charge is -2.35. The molecule has 5 nitrogen and oxygen atoms in total. The summed E-state index contributed by atoms with van der Waals surface area (Å²) in [6, 6.07) is 11.8. The van der Waals surface area contributed by atoms with Crippen molar-refractivity contribution in [3.63, 3.8) is 0 Å². The molecule has 5 heteroatoms. The minimum Gasteiger partial charge on any atom is -0.493 e. The fourth-order valence-electron chi connectivity index (χ4n) is 4.12. The van der Waals surface area contributed by atoms with Crippen LogP contribution in [0.5, 0.6) is 11.5 Å². The minimum absolute atomic E-state index is 0.0713. The lowest BCUT2D eigenvalue weighted by atomic mass is 9.82. The first-order valence-electron chi connectivity index (χ1n) is 10.1. The monoisotopic (exact) mass is 381 g/mol. The van der Waals surface area contributed by atoms with Crippen molar-refractivity contribution in [2.45, 2.75) is 44.6 Å². The number of aliphatic carboxylic acids is 1. The number of pyridine rings is 1. The molecule has 28 heavy (non-hydrogen) atoms. The summed E-state index contributed by atoms with van der Waals surface area (Å²) >= 11 is 0. The van der Waals surface area contributed by atoms with Crippen molar-refractivity contribution in [2.75, 3.05) is 6.61 Å². The molecular weight excluding hydrogens is 354 g/mol. The van der Waals surface area contributed by atoms with Gasteiger partial charge >= 0.3 is 5.97 Å². The third kappa shape index (κ3) is 4.46. The van der Waals surface area contributed by atoms with Crippen molar-refractivity contribution in [3.8, 4) is 11.5 Å². The van der Waals surface area contributed by atoms with Gasteiger partial charge in [-0.05, 0) is 73.3 Å². The molecule has 0 aliphatic heterocycles. The van der Waals surface area contributed by atoms with Crippen LogP contribution < -0.4 is 9.47 Å². The average Bonchev–Trinajstić information content (AvgIpc) is 3.49. The summed E-state index contributed by atoms with van der Waals surface area (Å²) in [4.78, 5) is 15.6. The number of benzene rings is 1. The average molecular weight is 381 g/mol. The van der Waals surface area contributed by atoms with Gasteiger partial charge in [0.05, 0.1) is 24.8 Å². The lowest BCUT2D eigenvalue weighted by molar-refractivity contribution is -0.142. The number of carboxylic acid groups (broad SMARTS) is 1. The molecule has 4 rings (SSSR count). The standard InChI is InChI=1S/C23H27NO4/c1-15(23(25)26)22(17-7-8-17)18-4-2-5-19(12-18)27-14-16-10-21(11-16)28-20-6-3-9-24-13-20/h2-6,9,12-13,15-17,21-22H,7-8,10-11,14H2,1H3,(H,25,26). The molecule has 2 aliphatic carbocycles. The molecule has 0 bridgehead atoms. The summed E-state index contributed by atoms with van der Waals surface area (Å²) in [6.07, 6.45) is 7.92. The molecule has 0 radical (unpaired) electrons. The summed E-state index contributed by atoms with van der Waals surface area (Å²) < 4.78 is 11.9. The van der Waals surface area contributed by atoms with E-state index < -0.39 is 5.97 Å². The van der Waals surface area contributed by atoms with Crippen molar-refractivity contribution < 1.29 is 19.4 Å². The molecule has 1 aromatic heterocycles. The zero-order valence-electron chi connectivity index (χ0n) is 16.2. The third-order valence-corrected chi connectivity index (χ3v) is 5.92. The normalized spacial score (nSPS) is 23.3. The van der Waals surface area contributed by atoms with Crippen LogP contribution >= 0.6 is 0 Å². The van der Waals surface area contributed by atoms with Gasteiger partial charge in [0, 0.05) is 6.20 Å². The van der Waals surface area contributed by atoms with Crippen LogP contribution in [0.4, 0.5) is 0 Å². The molecule has 2 aromatic rings. The molecule has 1 aromatic carbocycles. The molecule has 2 aliphatic rings. The van der Waals surface area contributed by atoms with Gasteiger partial charge in [-0.3, -0.25) is 9.78 Å². The van der Waals surface area contributed by atoms with Gasteiger partial charge in [0.15, 0.2) is 0 Å².